The lowest BCUT2D eigenvalue weighted by Gasteiger charge is -2.00. The highest BCUT2D eigenvalue weighted by molar-refractivity contribution is 7.13. The third-order valence-corrected chi connectivity index (χ3v) is 3.33. The van der Waals surface area contributed by atoms with Gasteiger partial charge in [0.2, 0.25) is 5.24 Å². The highest BCUT2D eigenvalue weighted by Crippen LogP contribution is 2.21. The van der Waals surface area contributed by atoms with E-state index in [1.807, 2.05) is 17.5 Å². The largest absolute Gasteiger partial charge is 0.281 e. The number of aromatic nitrogens is 2. The summed E-state index contributed by atoms with van der Waals surface area (Å²) in [7, 11) is 0. The van der Waals surface area contributed by atoms with Crippen LogP contribution in [0.15, 0.2) is 28.4 Å². The number of hydrogen-bond acceptors (Lipinski definition) is 4. The SMILES string of the molecule is O=C(Cl)CCc1cc(-c2cccs2)n[nH]c1=O. The van der Waals surface area contributed by atoms with Gasteiger partial charge in [-0.25, -0.2) is 5.10 Å². The van der Waals surface area contributed by atoms with Crippen LogP contribution in [0.3, 0.4) is 0 Å². The molecule has 17 heavy (non-hydrogen) atoms. The highest BCUT2D eigenvalue weighted by Gasteiger charge is 2.07. The van der Waals surface area contributed by atoms with E-state index in [2.05, 4.69) is 10.2 Å². The molecule has 0 aliphatic heterocycles. The second-order valence-electron chi connectivity index (χ2n) is 3.44. The second kappa shape index (κ2) is 5.25. The van der Waals surface area contributed by atoms with Gasteiger partial charge in [-0.3, -0.25) is 9.59 Å². The molecule has 0 bridgehead atoms. The summed E-state index contributed by atoms with van der Waals surface area (Å²) in [6, 6.07) is 5.53. The number of carbonyl (C=O) groups excluding carboxylic acids is 1. The third-order valence-electron chi connectivity index (χ3n) is 2.25. The number of nitrogens with zero attached hydrogens (tertiary/aromatic N) is 1. The van der Waals surface area contributed by atoms with E-state index in [0.29, 0.717) is 17.7 Å². The molecule has 2 heterocycles. The summed E-state index contributed by atoms with van der Waals surface area (Å²) in [5.74, 6) is 0. The number of nitrogens with one attached hydrogen (secondary N) is 1. The molecule has 2 rings (SSSR count). The first kappa shape index (κ1) is 12.0. The topological polar surface area (TPSA) is 62.8 Å². The number of rotatable bonds is 4. The van der Waals surface area contributed by atoms with Crippen molar-refractivity contribution in [2.45, 2.75) is 12.8 Å². The van der Waals surface area contributed by atoms with Crippen molar-refractivity contribution in [3.05, 3.63) is 39.5 Å². The summed E-state index contributed by atoms with van der Waals surface area (Å²) in [6.07, 6.45) is 0.483. The molecule has 4 nitrogen and oxygen atoms in total. The maximum atomic E-state index is 11.5. The number of halogens is 1. The third kappa shape index (κ3) is 3.01. The Kier molecular flexibility index (Phi) is 3.71. The molecule has 0 atom stereocenters. The minimum absolute atomic E-state index is 0.151. The highest BCUT2D eigenvalue weighted by atomic mass is 35.5. The van der Waals surface area contributed by atoms with E-state index in [1.165, 1.54) is 11.3 Å². The van der Waals surface area contributed by atoms with E-state index in [-0.39, 0.29) is 12.0 Å². The summed E-state index contributed by atoms with van der Waals surface area (Å²) in [4.78, 5) is 23.1. The molecule has 0 unspecified atom stereocenters. The smallest absolute Gasteiger partial charge is 0.267 e. The molecule has 2 aromatic rings. The fraction of sp³-hybridized carbons (Fsp3) is 0.182. The zero-order chi connectivity index (χ0) is 12.3. The van der Waals surface area contributed by atoms with Gasteiger partial charge in [0.15, 0.2) is 0 Å². The molecule has 0 aliphatic carbocycles. The van der Waals surface area contributed by atoms with Crippen molar-refractivity contribution in [3.8, 4) is 10.6 Å². The zero-order valence-electron chi connectivity index (χ0n) is 8.77. The Hall–Kier alpha value is -1.46. The van der Waals surface area contributed by atoms with Gasteiger partial charge in [0, 0.05) is 12.0 Å². The standard InChI is InChI=1S/C11H9ClN2O2S/c12-10(15)4-3-7-6-8(13-14-11(7)16)9-2-1-5-17-9/h1-2,5-6H,3-4H2,(H,14,16). The summed E-state index contributed by atoms with van der Waals surface area (Å²) in [6.45, 7) is 0. The van der Waals surface area contributed by atoms with Gasteiger partial charge in [-0.2, -0.15) is 5.10 Å². The first-order chi connectivity index (χ1) is 8.16. The average Bonchev–Trinajstić information content (AvgIpc) is 2.81. The van der Waals surface area contributed by atoms with Crippen molar-refractivity contribution in [1.82, 2.24) is 10.2 Å². The van der Waals surface area contributed by atoms with Crippen LogP contribution >= 0.6 is 22.9 Å². The van der Waals surface area contributed by atoms with Crippen molar-refractivity contribution in [2.24, 2.45) is 0 Å². The van der Waals surface area contributed by atoms with Crippen molar-refractivity contribution in [2.75, 3.05) is 0 Å². The minimum atomic E-state index is -0.445. The number of aromatic amines is 1. The Morgan fingerprint density at radius 2 is 2.35 bits per heavy atom. The van der Waals surface area contributed by atoms with Crippen LogP contribution in [0.2, 0.25) is 0 Å². The summed E-state index contributed by atoms with van der Waals surface area (Å²) in [5.41, 5.74) is 0.956. The van der Waals surface area contributed by atoms with Gasteiger partial charge in [0.25, 0.3) is 5.56 Å². The second-order valence-corrected chi connectivity index (χ2v) is 4.81. The molecule has 0 saturated heterocycles. The van der Waals surface area contributed by atoms with E-state index in [0.717, 1.165) is 4.88 Å². The summed E-state index contributed by atoms with van der Waals surface area (Å²) >= 11 is 6.79. The van der Waals surface area contributed by atoms with Gasteiger partial charge in [-0.1, -0.05) is 6.07 Å². The predicted octanol–water partition coefficient (Wildman–Crippen LogP) is 2.20. The molecule has 0 spiro atoms. The Labute approximate surface area is 106 Å². The molecule has 0 radical (unpaired) electrons. The van der Waals surface area contributed by atoms with Crippen molar-refractivity contribution < 1.29 is 4.79 Å². The molecule has 6 heteroatoms. The lowest BCUT2D eigenvalue weighted by atomic mass is 10.1. The van der Waals surface area contributed by atoms with E-state index in [4.69, 9.17) is 11.6 Å². The first-order valence-corrected chi connectivity index (χ1v) is 6.23. The number of carbonyl (C=O) groups is 1. The summed E-state index contributed by atoms with van der Waals surface area (Å²) in [5, 5.41) is 7.88. The lowest BCUT2D eigenvalue weighted by Crippen LogP contribution is -2.15. The van der Waals surface area contributed by atoms with E-state index in [9.17, 15) is 9.59 Å². The van der Waals surface area contributed by atoms with E-state index in [1.54, 1.807) is 6.07 Å². The van der Waals surface area contributed by atoms with Crippen LogP contribution in [0.4, 0.5) is 0 Å². The van der Waals surface area contributed by atoms with Crippen molar-refractivity contribution in [3.63, 3.8) is 0 Å². The molecule has 88 valence electrons. The first-order valence-electron chi connectivity index (χ1n) is 4.97. The Morgan fingerprint density at radius 3 is 3.00 bits per heavy atom. The van der Waals surface area contributed by atoms with Crippen molar-refractivity contribution in [1.29, 1.82) is 0 Å². The van der Waals surface area contributed by atoms with E-state index < -0.39 is 5.24 Å². The van der Waals surface area contributed by atoms with Gasteiger partial charge in [-0.15, -0.1) is 11.3 Å². The maximum Gasteiger partial charge on any atom is 0.267 e. The number of thiophene rings is 1. The van der Waals surface area contributed by atoms with Gasteiger partial charge < -0.3 is 0 Å². The Bertz CT molecular complexity index is 577. The molecule has 0 saturated carbocycles. The number of H-pyrrole nitrogens is 1. The van der Waals surface area contributed by atoms with Crippen LogP contribution in [-0.2, 0) is 11.2 Å². The lowest BCUT2D eigenvalue weighted by molar-refractivity contribution is -0.111. The van der Waals surface area contributed by atoms with E-state index >= 15 is 0 Å². The van der Waals surface area contributed by atoms with Crippen LogP contribution in [0.25, 0.3) is 10.6 Å². The van der Waals surface area contributed by atoms with Gasteiger partial charge >= 0.3 is 0 Å². The number of hydrogen-bond donors (Lipinski definition) is 1. The molecule has 0 aliphatic rings. The quantitative estimate of drug-likeness (QED) is 0.865. The van der Waals surface area contributed by atoms with Crippen molar-refractivity contribution >= 4 is 28.2 Å². The molecular weight excluding hydrogens is 260 g/mol. The molecular formula is C11H9ClN2O2S. The predicted molar refractivity (Wildman–Crippen MR) is 67.4 cm³/mol. The molecule has 0 amide bonds. The van der Waals surface area contributed by atoms with Gasteiger partial charge in [-0.05, 0) is 35.5 Å². The zero-order valence-corrected chi connectivity index (χ0v) is 10.3. The van der Waals surface area contributed by atoms with Gasteiger partial charge in [0.1, 0.15) is 5.69 Å². The normalized spacial score (nSPS) is 10.4. The Balaban J connectivity index is 2.30. The molecule has 2 aromatic heterocycles. The fourth-order valence-electron chi connectivity index (χ4n) is 1.41. The molecule has 0 fully saturated rings. The monoisotopic (exact) mass is 268 g/mol. The van der Waals surface area contributed by atoms with Crippen LogP contribution in [0, 0.1) is 0 Å². The summed E-state index contributed by atoms with van der Waals surface area (Å²) < 4.78 is 0. The Morgan fingerprint density at radius 1 is 1.53 bits per heavy atom. The van der Waals surface area contributed by atoms with Crippen LogP contribution in [0.5, 0.6) is 0 Å². The molecule has 1 N–H and O–H groups in total. The minimum Gasteiger partial charge on any atom is -0.281 e. The maximum absolute atomic E-state index is 11.5. The fourth-order valence-corrected chi connectivity index (χ4v) is 2.20. The van der Waals surface area contributed by atoms with Crippen LogP contribution in [-0.4, -0.2) is 15.4 Å². The van der Waals surface area contributed by atoms with Gasteiger partial charge in [0.05, 0.1) is 4.88 Å². The number of aryl methyl sites for hydroxylation is 1. The van der Waals surface area contributed by atoms with Crippen LogP contribution in [0.1, 0.15) is 12.0 Å². The van der Waals surface area contributed by atoms with Crippen LogP contribution < -0.4 is 5.56 Å². The average molecular weight is 269 g/mol. The molecule has 0 aromatic carbocycles.